The zero-order valence-electron chi connectivity index (χ0n) is 10.7. The van der Waals surface area contributed by atoms with Crippen LogP contribution in [0.5, 0.6) is 0 Å². The number of hydrogen-bond acceptors (Lipinski definition) is 1. The third kappa shape index (κ3) is 2.26. The first-order chi connectivity index (χ1) is 7.17. The maximum absolute atomic E-state index is 11.3. The Balaban J connectivity index is 3.41. The maximum atomic E-state index is 11.3. The van der Waals surface area contributed by atoms with E-state index >= 15 is 0 Å². The van der Waals surface area contributed by atoms with Gasteiger partial charge in [-0.15, -0.1) is 0 Å². The van der Waals surface area contributed by atoms with Gasteiger partial charge >= 0.3 is 5.97 Å². The van der Waals surface area contributed by atoms with E-state index in [9.17, 15) is 9.90 Å². The lowest BCUT2D eigenvalue weighted by Gasteiger charge is -2.29. The number of carbonyl (C=O) groups is 1. The summed E-state index contributed by atoms with van der Waals surface area (Å²) in [4.78, 5) is 11.3. The van der Waals surface area contributed by atoms with Gasteiger partial charge in [0.2, 0.25) is 0 Å². The van der Waals surface area contributed by atoms with E-state index in [0.717, 1.165) is 11.1 Å². The summed E-state index contributed by atoms with van der Waals surface area (Å²) in [5.74, 6) is -0.788. The van der Waals surface area contributed by atoms with Crippen molar-refractivity contribution < 1.29 is 9.90 Å². The molecule has 0 aliphatic carbocycles. The van der Waals surface area contributed by atoms with Crippen LogP contribution in [0.1, 0.15) is 45.7 Å². The zero-order valence-corrected chi connectivity index (χ0v) is 10.7. The summed E-state index contributed by atoms with van der Waals surface area (Å²) >= 11 is 0. The fourth-order valence-electron chi connectivity index (χ4n) is 1.80. The lowest BCUT2D eigenvalue weighted by Crippen LogP contribution is -2.32. The summed E-state index contributed by atoms with van der Waals surface area (Å²) in [5, 5.41) is 9.28. The summed E-state index contributed by atoms with van der Waals surface area (Å²) in [6.45, 7) is 9.80. The van der Waals surface area contributed by atoms with Crippen LogP contribution in [-0.4, -0.2) is 11.1 Å². The molecule has 0 amide bonds. The smallest absolute Gasteiger partial charge is 0.313 e. The van der Waals surface area contributed by atoms with Crippen LogP contribution >= 0.6 is 0 Å². The number of hydrogen-bond donors (Lipinski definition) is 1. The van der Waals surface area contributed by atoms with Crippen LogP contribution in [0, 0.1) is 0 Å². The Morgan fingerprint density at radius 2 is 1.44 bits per heavy atom. The molecule has 1 N–H and O–H groups in total. The Labute approximate surface area is 97.3 Å². The second-order valence-corrected chi connectivity index (χ2v) is 5.73. The summed E-state index contributed by atoms with van der Waals surface area (Å²) < 4.78 is 0. The van der Waals surface area contributed by atoms with E-state index in [1.807, 2.05) is 24.3 Å². The number of aliphatic carboxylic acids is 1. The molecule has 0 aliphatic heterocycles. The van der Waals surface area contributed by atoms with E-state index in [-0.39, 0.29) is 5.41 Å². The number of carboxylic acids is 1. The molecule has 0 unspecified atom stereocenters. The monoisotopic (exact) mass is 220 g/mol. The van der Waals surface area contributed by atoms with E-state index in [1.165, 1.54) is 0 Å². The molecule has 0 heterocycles. The van der Waals surface area contributed by atoms with Crippen molar-refractivity contribution in [2.45, 2.75) is 45.4 Å². The molecule has 1 aromatic rings. The van der Waals surface area contributed by atoms with Crippen LogP contribution in [-0.2, 0) is 15.6 Å². The highest BCUT2D eigenvalue weighted by molar-refractivity contribution is 5.81. The van der Waals surface area contributed by atoms with Crippen molar-refractivity contribution >= 4 is 5.97 Å². The molecular weight excluding hydrogens is 200 g/mol. The average molecular weight is 220 g/mol. The molecule has 1 rings (SSSR count). The molecule has 88 valence electrons. The molecule has 0 saturated heterocycles. The largest absolute Gasteiger partial charge is 0.481 e. The Hall–Kier alpha value is -1.31. The van der Waals surface area contributed by atoms with Crippen LogP contribution in [0.3, 0.4) is 0 Å². The molecule has 16 heavy (non-hydrogen) atoms. The molecule has 0 fully saturated rings. The molecular formula is C14H20O2. The molecule has 0 saturated carbocycles. The van der Waals surface area contributed by atoms with E-state index in [0.29, 0.717) is 0 Å². The quantitative estimate of drug-likeness (QED) is 0.830. The van der Waals surface area contributed by atoms with Gasteiger partial charge < -0.3 is 5.11 Å². The Morgan fingerprint density at radius 3 is 1.81 bits per heavy atom. The molecule has 0 aromatic heterocycles. The molecule has 1 aromatic carbocycles. The highest BCUT2D eigenvalue weighted by atomic mass is 16.4. The number of rotatable bonds is 2. The Bertz CT molecular complexity index is 397. The van der Waals surface area contributed by atoms with Crippen molar-refractivity contribution in [2.24, 2.45) is 0 Å². The second kappa shape index (κ2) is 3.93. The molecule has 2 nitrogen and oxygen atoms in total. The summed E-state index contributed by atoms with van der Waals surface area (Å²) in [7, 11) is 0. The minimum atomic E-state index is -0.843. The predicted octanol–water partition coefficient (Wildman–Crippen LogP) is 3.35. The van der Waals surface area contributed by atoms with Gasteiger partial charge in [0.05, 0.1) is 5.41 Å². The lowest BCUT2D eigenvalue weighted by atomic mass is 9.74. The van der Waals surface area contributed by atoms with Gasteiger partial charge in [-0.2, -0.15) is 0 Å². The Morgan fingerprint density at radius 1 is 1.00 bits per heavy atom. The van der Waals surface area contributed by atoms with E-state index in [1.54, 1.807) is 13.8 Å². The van der Waals surface area contributed by atoms with Crippen molar-refractivity contribution in [3.8, 4) is 0 Å². The first-order valence-corrected chi connectivity index (χ1v) is 5.51. The molecule has 0 radical (unpaired) electrons. The van der Waals surface area contributed by atoms with Crippen molar-refractivity contribution in [1.29, 1.82) is 0 Å². The van der Waals surface area contributed by atoms with Gasteiger partial charge in [0.25, 0.3) is 0 Å². The van der Waals surface area contributed by atoms with Gasteiger partial charge in [0.1, 0.15) is 0 Å². The minimum Gasteiger partial charge on any atom is -0.481 e. The Kier molecular flexibility index (Phi) is 3.13. The van der Waals surface area contributed by atoms with E-state index in [2.05, 4.69) is 20.8 Å². The van der Waals surface area contributed by atoms with Crippen LogP contribution in [0.2, 0.25) is 0 Å². The average Bonchev–Trinajstić information content (AvgIpc) is 2.16. The van der Waals surface area contributed by atoms with Crippen LogP contribution in [0.25, 0.3) is 0 Å². The predicted molar refractivity (Wildman–Crippen MR) is 65.8 cm³/mol. The minimum absolute atomic E-state index is 0.0384. The van der Waals surface area contributed by atoms with Gasteiger partial charge in [0.15, 0.2) is 0 Å². The van der Waals surface area contributed by atoms with Gasteiger partial charge in [-0.05, 0) is 30.4 Å². The third-order valence-electron chi connectivity index (χ3n) is 2.94. The van der Waals surface area contributed by atoms with Gasteiger partial charge in [-0.3, -0.25) is 4.79 Å². The van der Waals surface area contributed by atoms with Crippen molar-refractivity contribution in [3.05, 3.63) is 35.4 Å². The highest BCUT2D eigenvalue weighted by Crippen LogP contribution is 2.33. The normalized spacial score (nSPS) is 12.6. The molecule has 0 bridgehead atoms. The zero-order chi connectivity index (χ0) is 12.6. The highest BCUT2D eigenvalue weighted by Gasteiger charge is 2.33. The SMILES string of the molecule is CC(C)(C)c1ccccc1C(C)(C)C(=O)O. The molecule has 2 heteroatoms. The topological polar surface area (TPSA) is 37.3 Å². The second-order valence-electron chi connectivity index (χ2n) is 5.73. The van der Waals surface area contributed by atoms with Crippen LogP contribution < -0.4 is 0 Å². The van der Waals surface area contributed by atoms with Crippen molar-refractivity contribution in [1.82, 2.24) is 0 Å². The molecule has 0 spiro atoms. The lowest BCUT2D eigenvalue weighted by molar-refractivity contribution is -0.142. The maximum Gasteiger partial charge on any atom is 0.313 e. The van der Waals surface area contributed by atoms with E-state index < -0.39 is 11.4 Å². The van der Waals surface area contributed by atoms with Gasteiger partial charge in [-0.1, -0.05) is 45.0 Å². The number of carboxylic acid groups (broad SMARTS) is 1. The molecule has 0 aliphatic rings. The number of benzene rings is 1. The standard InChI is InChI=1S/C14H20O2/c1-13(2,3)10-8-6-7-9-11(10)14(4,5)12(15)16/h6-9H,1-5H3,(H,15,16). The fraction of sp³-hybridized carbons (Fsp3) is 0.500. The molecule has 0 atom stereocenters. The summed E-state index contributed by atoms with van der Waals surface area (Å²) in [5.41, 5.74) is 1.12. The fourth-order valence-corrected chi connectivity index (χ4v) is 1.80. The van der Waals surface area contributed by atoms with Crippen molar-refractivity contribution in [2.75, 3.05) is 0 Å². The summed E-state index contributed by atoms with van der Waals surface area (Å²) in [6, 6.07) is 7.78. The van der Waals surface area contributed by atoms with Crippen LogP contribution in [0.15, 0.2) is 24.3 Å². The third-order valence-corrected chi connectivity index (χ3v) is 2.94. The van der Waals surface area contributed by atoms with Crippen LogP contribution in [0.4, 0.5) is 0 Å². The first kappa shape index (κ1) is 12.8. The van der Waals surface area contributed by atoms with Gasteiger partial charge in [0, 0.05) is 0 Å². The first-order valence-electron chi connectivity index (χ1n) is 5.51. The van der Waals surface area contributed by atoms with E-state index in [4.69, 9.17) is 0 Å². The van der Waals surface area contributed by atoms with Crippen molar-refractivity contribution in [3.63, 3.8) is 0 Å². The van der Waals surface area contributed by atoms with Gasteiger partial charge in [-0.25, -0.2) is 0 Å². The summed E-state index contributed by atoms with van der Waals surface area (Å²) in [6.07, 6.45) is 0.